The highest BCUT2D eigenvalue weighted by molar-refractivity contribution is 5.96. The molecule has 1 aromatic carbocycles. The summed E-state index contributed by atoms with van der Waals surface area (Å²) in [5.74, 6) is 0.125. The highest BCUT2D eigenvalue weighted by Gasteiger charge is 2.37. The number of fused-ring (bicyclic) bond motifs is 2. The molecule has 1 aliphatic carbocycles. The standard InChI is InChI=1S/C30H41N5O3/c1-30(2,3)38-29(37)35-18-22-10-7-12-25(34-16-15-32(4)20-27(34)36)24(22)17-23(35)19-33(5)26-13-6-9-21-11-8-14-31-28(21)26/h7-8,10-12,14,23,26H,6,9,13,15-20H2,1-5H3/t23?,26-/m0/s1. The molecule has 1 fully saturated rings. The van der Waals surface area contributed by atoms with E-state index >= 15 is 0 Å². The molecule has 2 aromatic rings. The van der Waals surface area contributed by atoms with Gasteiger partial charge in [-0.05, 0) is 89.4 Å². The zero-order chi connectivity index (χ0) is 27.0. The number of aryl methyl sites for hydroxylation is 1. The molecular weight excluding hydrogens is 478 g/mol. The Morgan fingerprint density at radius 2 is 1.92 bits per heavy atom. The molecule has 204 valence electrons. The van der Waals surface area contributed by atoms with Crippen LogP contribution in [-0.4, -0.2) is 83.6 Å². The molecule has 2 amide bonds. The molecule has 1 aromatic heterocycles. The zero-order valence-electron chi connectivity index (χ0n) is 23.4. The molecule has 1 unspecified atom stereocenters. The topological polar surface area (TPSA) is 69.2 Å². The minimum atomic E-state index is -0.575. The van der Waals surface area contributed by atoms with Crippen LogP contribution in [0.15, 0.2) is 36.5 Å². The lowest BCUT2D eigenvalue weighted by atomic mass is 9.89. The highest BCUT2D eigenvalue weighted by atomic mass is 16.6. The van der Waals surface area contributed by atoms with E-state index in [1.54, 1.807) is 0 Å². The van der Waals surface area contributed by atoms with E-state index in [2.05, 4.69) is 35.0 Å². The molecule has 2 atom stereocenters. The first-order valence-corrected chi connectivity index (χ1v) is 13.8. The molecule has 8 heteroatoms. The van der Waals surface area contributed by atoms with E-state index in [-0.39, 0.29) is 24.1 Å². The monoisotopic (exact) mass is 519 g/mol. The van der Waals surface area contributed by atoms with Crippen molar-refractivity contribution in [3.8, 4) is 0 Å². The Morgan fingerprint density at radius 1 is 1.13 bits per heavy atom. The maximum absolute atomic E-state index is 13.5. The predicted molar refractivity (Wildman–Crippen MR) is 148 cm³/mol. The van der Waals surface area contributed by atoms with E-state index in [1.165, 1.54) is 11.1 Å². The molecule has 8 nitrogen and oxygen atoms in total. The number of anilines is 1. The molecule has 0 bridgehead atoms. The average molecular weight is 520 g/mol. The van der Waals surface area contributed by atoms with Crippen molar-refractivity contribution in [3.05, 3.63) is 58.9 Å². The summed E-state index contributed by atoms with van der Waals surface area (Å²) in [6.07, 6.45) is 5.52. The maximum atomic E-state index is 13.5. The zero-order valence-corrected chi connectivity index (χ0v) is 23.4. The van der Waals surface area contributed by atoms with Crippen molar-refractivity contribution in [2.75, 3.05) is 45.2 Å². The van der Waals surface area contributed by atoms with E-state index in [0.29, 0.717) is 32.6 Å². The van der Waals surface area contributed by atoms with Gasteiger partial charge in [0.25, 0.3) is 0 Å². The van der Waals surface area contributed by atoms with Crippen molar-refractivity contribution in [1.82, 2.24) is 19.7 Å². The number of carbonyl (C=O) groups excluding carboxylic acids is 2. The fourth-order valence-corrected chi connectivity index (χ4v) is 6.13. The van der Waals surface area contributed by atoms with Gasteiger partial charge >= 0.3 is 6.09 Å². The molecule has 0 radical (unpaired) electrons. The van der Waals surface area contributed by atoms with Gasteiger partial charge in [0, 0.05) is 38.1 Å². The number of carbonyl (C=O) groups is 2. The van der Waals surface area contributed by atoms with Gasteiger partial charge in [0.15, 0.2) is 0 Å². The van der Waals surface area contributed by atoms with Gasteiger partial charge in [-0.1, -0.05) is 18.2 Å². The first-order valence-electron chi connectivity index (χ1n) is 13.8. The van der Waals surface area contributed by atoms with Crippen molar-refractivity contribution < 1.29 is 14.3 Å². The van der Waals surface area contributed by atoms with Crippen LogP contribution in [0, 0.1) is 0 Å². The summed E-state index contributed by atoms with van der Waals surface area (Å²) in [4.78, 5) is 39.5. The number of pyridine rings is 1. The van der Waals surface area contributed by atoms with Crippen molar-refractivity contribution in [2.45, 2.75) is 70.7 Å². The van der Waals surface area contributed by atoms with Gasteiger partial charge < -0.3 is 9.64 Å². The summed E-state index contributed by atoms with van der Waals surface area (Å²) in [5.41, 5.74) is 5.15. The third-order valence-electron chi connectivity index (χ3n) is 8.00. The van der Waals surface area contributed by atoms with E-state index in [9.17, 15) is 9.59 Å². The smallest absolute Gasteiger partial charge is 0.410 e. The van der Waals surface area contributed by atoms with Gasteiger partial charge in [-0.3, -0.25) is 24.5 Å². The summed E-state index contributed by atoms with van der Waals surface area (Å²) in [7, 11) is 4.13. The van der Waals surface area contributed by atoms with E-state index < -0.39 is 5.60 Å². The third-order valence-corrected chi connectivity index (χ3v) is 8.00. The Hall–Kier alpha value is -2.97. The number of hydrogen-bond acceptors (Lipinski definition) is 6. The normalized spacial score (nSPS) is 22.3. The molecule has 1 saturated heterocycles. The highest BCUT2D eigenvalue weighted by Crippen LogP contribution is 2.36. The van der Waals surface area contributed by atoms with Crippen molar-refractivity contribution in [3.63, 3.8) is 0 Å². The maximum Gasteiger partial charge on any atom is 0.410 e. The van der Waals surface area contributed by atoms with E-state index in [4.69, 9.17) is 9.72 Å². The van der Waals surface area contributed by atoms with Crippen LogP contribution in [0.4, 0.5) is 10.5 Å². The first kappa shape index (κ1) is 26.6. The van der Waals surface area contributed by atoms with Crippen LogP contribution in [0.3, 0.4) is 0 Å². The largest absolute Gasteiger partial charge is 0.444 e. The van der Waals surface area contributed by atoms with Crippen LogP contribution in [0.25, 0.3) is 0 Å². The third kappa shape index (κ3) is 5.57. The number of rotatable bonds is 4. The Kier molecular flexibility index (Phi) is 7.47. The summed E-state index contributed by atoms with van der Waals surface area (Å²) in [5, 5.41) is 0. The second-order valence-electron chi connectivity index (χ2n) is 12.1. The molecule has 0 spiro atoms. The molecule has 5 rings (SSSR count). The Labute approximate surface area is 226 Å². The van der Waals surface area contributed by atoms with Crippen LogP contribution in [0.1, 0.15) is 62.0 Å². The fraction of sp³-hybridized carbons (Fsp3) is 0.567. The molecule has 0 saturated carbocycles. The van der Waals surface area contributed by atoms with Crippen LogP contribution >= 0.6 is 0 Å². The first-order chi connectivity index (χ1) is 18.1. The van der Waals surface area contributed by atoms with Gasteiger partial charge in [-0.15, -0.1) is 0 Å². The lowest BCUT2D eigenvalue weighted by Crippen LogP contribution is -2.52. The number of aromatic nitrogens is 1. The molecule has 0 N–H and O–H groups in total. The molecular formula is C30H41N5O3. The van der Waals surface area contributed by atoms with Crippen molar-refractivity contribution >= 4 is 17.7 Å². The Balaban J connectivity index is 1.45. The van der Waals surface area contributed by atoms with Gasteiger partial charge in [0.1, 0.15) is 5.60 Å². The van der Waals surface area contributed by atoms with Crippen LogP contribution in [-0.2, 0) is 28.9 Å². The van der Waals surface area contributed by atoms with Crippen molar-refractivity contribution in [1.29, 1.82) is 0 Å². The summed E-state index contributed by atoms with van der Waals surface area (Å²) >= 11 is 0. The number of amides is 2. The second kappa shape index (κ2) is 10.7. The van der Waals surface area contributed by atoms with E-state index in [0.717, 1.165) is 42.8 Å². The van der Waals surface area contributed by atoms with Crippen molar-refractivity contribution in [2.24, 2.45) is 0 Å². The number of piperazine rings is 1. The predicted octanol–water partition coefficient (Wildman–Crippen LogP) is 4.03. The average Bonchev–Trinajstić information content (AvgIpc) is 2.87. The van der Waals surface area contributed by atoms with Gasteiger partial charge in [-0.2, -0.15) is 0 Å². The van der Waals surface area contributed by atoms with Crippen LogP contribution in [0.5, 0.6) is 0 Å². The van der Waals surface area contributed by atoms with E-state index in [1.807, 2.05) is 55.9 Å². The number of nitrogens with zero attached hydrogens (tertiary/aromatic N) is 5. The summed E-state index contributed by atoms with van der Waals surface area (Å²) in [6.45, 7) is 8.84. The molecule has 2 aliphatic heterocycles. The van der Waals surface area contributed by atoms with Crippen LogP contribution < -0.4 is 4.90 Å². The number of likely N-dealkylation sites (N-methyl/N-ethyl adjacent to an activating group) is 2. The molecule has 3 heterocycles. The number of ether oxygens (including phenoxy) is 1. The summed E-state index contributed by atoms with van der Waals surface area (Å²) < 4.78 is 5.87. The van der Waals surface area contributed by atoms with Gasteiger partial charge in [0.2, 0.25) is 5.91 Å². The Morgan fingerprint density at radius 3 is 2.68 bits per heavy atom. The summed E-state index contributed by atoms with van der Waals surface area (Å²) in [6, 6.07) is 10.5. The second-order valence-corrected chi connectivity index (χ2v) is 12.1. The lowest BCUT2D eigenvalue weighted by molar-refractivity contribution is -0.120. The van der Waals surface area contributed by atoms with Crippen LogP contribution in [0.2, 0.25) is 0 Å². The van der Waals surface area contributed by atoms with Gasteiger partial charge in [0.05, 0.1) is 24.3 Å². The number of hydrogen-bond donors (Lipinski definition) is 0. The number of benzene rings is 1. The SMILES string of the molecule is CN1CCN(c2cccc3c2CC(CN(C)[C@H]2CCCc4cccnc42)N(C(=O)OC(C)(C)C)C3)C(=O)C1. The van der Waals surface area contributed by atoms with Gasteiger partial charge in [-0.25, -0.2) is 4.79 Å². The minimum Gasteiger partial charge on any atom is -0.444 e. The quantitative estimate of drug-likeness (QED) is 0.608. The Bertz CT molecular complexity index is 1190. The minimum absolute atomic E-state index is 0.0832. The fourth-order valence-electron chi connectivity index (χ4n) is 6.13. The molecule has 38 heavy (non-hydrogen) atoms. The molecule has 3 aliphatic rings. The lowest BCUT2D eigenvalue weighted by Gasteiger charge is -2.43.